The number of benzene rings is 1. The van der Waals surface area contributed by atoms with Crippen LogP contribution in [0.1, 0.15) is 26.3 Å². The molecule has 3 N–H and O–H groups in total. The number of esters is 1. The van der Waals surface area contributed by atoms with E-state index in [0.29, 0.717) is 17.0 Å². The van der Waals surface area contributed by atoms with E-state index < -0.39 is 18.1 Å². The number of aliphatic hydroxyl groups is 2. The van der Waals surface area contributed by atoms with Crippen molar-refractivity contribution in [3.05, 3.63) is 40.6 Å². The fraction of sp³-hybridized carbons (Fsp3) is 0.450. The third-order valence-corrected chi connectivity index (χ3v) is 4.86. The summed E-state index contributed by atoms with van der Waals surface area (Å²) in [7, 11) is 1.44. The van der Waals surface area contributed by atoms with Crippen LogP contribution in [0.2, 0.25) is 5.02 Å². The van der Waals surface area contributed by atoms with Gasteiger partial charge in [0.05, 0.1) is 42.7 Å². The Bertz CT molecular complexity index is 789. The molecular formula is C20H26ClNO6. The van der Waals surface area contributed by atoms with Crippen molar-refractivity contribution < 1.29 is 29.6 Å². The monoisotopic (exact) mass is 411 g/mol. The molecular weight excluding hydrogens is 386 g/mol. The van der Waals surface area contributed by atoms with Gasteiger partial charge in [0.25, 0.3) is 0 Å². The van der Waals surface area contributed by atoms with Crippen molar-refractivity contribution >= 4 is 23.3 Å². The van der Waals surface area contributed by atoms with E-state index in [0.717, 1.165) is 0 Å². The lowest BCUT2D eigenvalue weighted by atomic mass is 9.95. The minimum Gasteiger partial charge on any atom is -0.507 e. The molecule has 7 nitrogen and oxygen atoms in total. The Kier molecular flexibility index (Phi) is 7.35. The highest BCUT2D eigenvalue weighted by molar-refractivity contribution is 6.32. The molecule has 1 aromatic carbocycles. The summed E-state index contributed by atoms with van der Waals surface area (Å²) in [6, 6.07) is 2.47. The van der Waals surface area contributed by atoms with Crippen LogP contribution in [-0.4, -0.2) is 58.7 Å². The van der Waals surface area contributed by atoms with Crippen LogP contribution in [-0.2, 0) is 9.53 Å². The van der Waals surface area contributed by atoms with Gasteiger partial charge in [-0.2, -0.15) is 0 Å². The zero-order valence-corrected chi connectivity index (χ0v) is 17.1. The van der Waals surface area contributed by atoms with Crippen LogP contribution in [0.25, 0.3) is 5.70 Å². The van der Waals surface area contributed by atoms with Gasteiger partial charge in [0, 0.05) is 17.8 Å². The van der Waals surface area contributed by atoms with E-state index in [4.69, 9.17) is 21.1 Å². The van der Waals surface area contributed by atoms with Gasteiger partial charge in [-0.15, -0.1) is 0 Å². The molecule has 28 heavy (non-hydrogen) atoms. The van der Waals surface area contributed by atoms with Gasteiger partial charge in [-0.05, 0) is 25.0 Å². The van der Waals surface area contributed by atoms with E-state index in [1.807, 2.05) is 13.8 Å². The second-order valence-corrected chi connectivity index (χ2v) is 7.11. The van der Waals surface area contributed by atoms with Crippen molar-refractivity contribution in [3.63, 3.8) is 0 Å². The first-order valence-corrected chi connectivity index (χ1v) is 9.37. The molecule has 0 saturated heterocycles. The number of phenols is 1. The normalized spacial score (nSPS) is 17.9. The Morgan fingerprint density at radius 3 is 2.57 bits per heavy atom. The Balaban J connectivity index is 2.60. The molecule has 1 aliphatic heterocycles. The summed E-state index contributed by atoms with van der Waals surface area (Å²) in [5.74, 6) is -0.457. The number of phenolic OH excluding ortho intramolecular Hbond substituents is 1. The first kappa shape index (κ1) is 22.1. The Hall–Kier alpha value is -2.22. The quantitative estimate of drug-likeness (QED) is 0.593. The number of carbonyl (C=O) groups is 1. The second-order valence-electron chi connectivity index (χ2n) is 6.71. The predicted molar refractivity (Wildman–Crippen MR) is 106 cm³/mol. The van der Waals surface area contributed by atoms with Crippen LogP contribution in [0.15, 0.2) is 30.0 Å². The van der Waals surface area contributed by atoms with Gasteiger partial charge < -0.3 is 29.7 Å². The third-order valence-electron chi connectivity index (χ3n) is 4.56. The average Bonchev–Trinajstić information content (AvgIpc) is 2.64. The Morgan fingerprint density at radius 1 is 1.36 bits per heavy atom. The first-order valence-electron chi connectivity index (χ1n) is 8.99. The largest absolute Gasteiger partial charge is 0.507 e. The van der Waals surface area contributed by atoms with Crippen LogP contribution in [0.5, 0.6) is 11.5 Å². The van der Waals surface area contributed by atoms with E-state index >= 15 is 0 Å². The molecule has 1 aromatic rings. The van der Waals surface area contributed by atoms with Crippen LogP contribution in [0, 0.1) is 5.92 Å². The summed E-state index contributed by atoms with van der Waals surface area (Å²) in [5.41, 5.74) is 0.794. The minimum absolute atomic E-state index is 0.000739. The highest BCUT2D eigenvalue weighted by atomic mass is 35.5. The summed E-state index contributed by atoms with van der Waals surface area (Å²) < 4.78 is 10.1. The molecule has 0 aliphatic carbocycles. The van der Waals surface area contributed by atoms with E-state index in [9.17, 15) is 20.1 Å². The number of aliphatic hydroxyl groups excluding tert-OH is 2. The second kappa shape index (κ2) is 9.32. The molecule has 0 bridgehead atoms. The smallest absolute Gasteiger partial charge is 0.338 e. The van der Waals surface area contributed by atoms with Gasteiger partial charge in [0.1, 0.15) is 17.6 Å². The van der Waals surface area contributed by atoms with Crippen molar-refractivity contribution in [2.24, 2.45) is 5.92 Å². The van der Waals surface area contributed by atoms with Gasteiger partial charge in [0.2, 0.25) is 0 Å². The lowest BCUT2D eigenvalue weighted by Gasteiger charge is -2.38. The number of nitrogens with zero attached hydrogens (tertiary/aromatic N) is 1. The highest BCUT2D eigenvalue weighted by Gasteiger charge is 2.32. The number of ether oxygens (including phenoxy) is 2. The summed E-state index contributed by atoms with van der Waals surface area (Å²) in [6.45, 7) is 5.48. The van der Waals surface area contributed by atoms with Gasteiger partial charge in [-0.1, -0.05) is 25.4 Å². The summed E-state index contributed by atoms with van der Waals surface area (Å²) in [5, 5.41) is 31.2. The number of halogens is 1. The maximum absolute atomic E-state index is 12.2. The zero-order chi connectivity index (χ0) is 21.0. The fourth-order valence-electron chi connectivity index (χ4n) is 3.04. The van der Waals surface area contributed by atoms with Crippen LogP contribution >= 0.6 is 11.6 Å². The average molecular weight is 412 g/mol. The maximum atomic E-state index is 12.2. The van der Waals surface area contributed by atoms with Crippen LogP contribution in [0.4, 0.5) is 0 Å². The standard InChI is InChI=1S/C20H26ClNO6/c1-5-28-20(26)13-9-22(16(10-23)11(2)3)15(7-17(13)24)12-6-14(21)19(27-4)8-18(12)25/h6-9,11,16-17,23-25H,5,10H2,1-4H3. The lowest BCUT2D eigenvalue weighted by Crippen LogP contribution is -2.40. The molecule has 0 aromatic heterocycles. The topological polar surface area (TPSA) is 99.5 Å². The Morgan fingerprint density at radius 2 is 2.04 bits per heavy atom. The first-order chi connectivity index (χ1) is 13.2. The highest BCUT2D eigenvalue weighted by Crippen LogP contribution is 2.40. The molecule has 1 aliphatic rings. The molecule has 1 heterocycles. The number of aromatic hydroxyl groups is 1. The lowest BCUT2D eigenvalue weighted by molar-refractivity contribution is -0.139. The summed E-state index contributed by atoms with van der Waals surface area (Å²) in [4.78, 5) is 13.9. The fourth-order valence-corrected chi connectivity index (χ4v) is 3.28. The van der Waals surface area contributed by atoms with E-state index in [-0.39, 0.29) is 35.5 Å². The van der Waals surface area contributed by atoms with Crippen molar-refractivity contribution in [2.45, 2.75) is 32.9 Å². The molecule has 0 fully saturated rings. The van der Waals surface area contributed by atoms with Crippen molar-refractivity contribution in [3.8, 4) is 11.5 Å². The SMILES string of the molecule is CCOC(=O)C1=CN(C(CO)C(C)C)C(c2cc(Cl)c(OC)cc2O)=CC1O. The molecule has 0 radical (unpaired) electrons. The molecule has 8 heteroatoms. The minimum atomic E-state index is -1.24. The number of hydrogen-bond acceptors (Lipinski definition) is 7. The van der Waals surface area contributed by atoms with Gasteiger partial charge >= 0.3 is 5.97 Å². The Labute approximate surface area is 169 Å². The molecule has 0 amide bonds. The van der Waals surface area contributed by atoms with E-state index in [1.165, 1.54) is 31.5 Å². The number of hydrogen-bond donors (Lipinski definition) is 3. The van der Waals surface area contributed by atoms with Crippen molar-refractivity contribution in [1.82, 2.24) is 4.90 Å². The molecule has 154 valence electrons. The summed E-state index contributed by atoms with van der Waals surface area (Å²) >= 11 is 6.22. The number of carbonyl (C=O) groups excluding carboxylic acids is 1. The number of rotatable bonds is 7. The van der Waals surface area contributed by atoms with Gasteiger partial charge in [-0.25, -0.2) is 4.79 Å². The van der Waals surface area contributed by atoms with Gasteiger partial charge in [-0.3, -0.25) is 0 Å². The van der Waals surface area contributed by atoms with Gasteiger partial charge in [0.15, 0.2) is 0 Å². The number of methoxy groups -OCH3 is 1. The van der Waals surface area contributed by atoms with Crippen LogP contribution in [0.3, 0.4) is 0 Å². The molecule has 2 rings (SSSR count). The molecule has 0 spiro atoms. The predicted octanol–water partition coefficient (Wildman–Crippen LogP) is 2.54. The molecule has 0 saturated carbocycles. The molecule has 2 atom stereocenters. The van der Waals surface area contributed by atoms with Crippen molar-refractivity contribution in [1.29, 1.82) is 0 Å². The molecule has 2 unspecified atom stereocenters. The van der Waals surface area contributed by atoms with E-state index in [1.54, 1.807) is 11.8 Å². The zero-order valence-electron chi connectivity index (χ0n) is 16.3. The van der Waals surface area contributed by atoms with E-state index in [2.05, 4.69) is 0 Å². The van der Waals surface area contributed by atoms with Crippen molar-refractivity contribution in [2.75, 3.05) is 20.3 Å². The third kappa shape index (κ3) is 4.43. The summed E-state index contributed by atoms with van der Waals surface area (Å²) in [6.07, 6.45) is 1.64. The van der Waals surface area contributed by atoms with Crippen LogP contribution < -0.4 is 4.74 Å². The maximum Gasteiger partial charge on any atom is 0.338 e.